The monoisotopic (exact) mass is 215 g/mol. The van der Waals surface area contributed by atoms with Gasteiger partial charge in [0.1, 0.15) is 0 Å². The molecule has 2 aliphatic heterocycles. The Morgan fingerprint density at radius 2 is 2.19 bits per heavy atom. The molecule has 0 N–H and O–H groups in total. The van der Waals surface area contributed by atoms with Gasteiger partial charge in [-0.2, -0.15) is 0 Å². The molecule has 2 nitrogen and oxygen atoms in total. The highest BCUT2D eigenvalue weighted by Gasteiger charge is 2.41. The number of hydrogen-bond donors (Lipinski definition) is 0. The van der Waals surface area contributed by atoms with E-state index in [2.05, 4.69) is 30.0 Å². The molecule has 2 heterocycles. The standard InChI is InChI=1S/C14H17NO/c1-2-10-9-12-8-7-11-5-3-4-6-13(11)15(12)14(10)16/h3-6,10,12H,2,7-9H2,1H3/t10?,12-/m0/s1. The largest absolute Gasteiger partial charge is 0.309 e. The van der Waals surface area contributed by atoms with E-state index < -0.39 is 0 Å². The fourth-order valence-electron chi connectivity index (χ4n) is 3.09. The molecular weight excluding hydrogens is 198 g/mol. The first-order valence-corrected chi connectivity index (χ1v) is 6.22. The number of benzene rings is 1. The smallest absolute Gasteiger partial charge is 0.230 e. The van der Waals surface area contributed by atoms with E-state index in [0.29, 0.717) is 11.9 Å². The lowest BCUT2D eigenvalue weighted by atomic mass is 9.95. The lowest BCUT2D eigenvalue weighted by molar-refractivity contribution is -0.120. The highest BCUT2D eigenvalue weighted by Crippen LogP contribution is 2.39. The van der Waals surface area contributed by atoms with Gasteiger partial charge in [0.15, 0.2) is 0 Å². The Bertz CT molecular complexity index is 426. The molecule has 0 radical (unpaired) electrons. The van der Waals surface area contributed by atoms with E-state index in [1.165, 1.54) is 11.3 Å². The number of aryl methyl sites for hydroxylation is 1. The second-order valence-corrected chi connectivity index (χ2v) is 4.87. The van der Waals surface area contributed by atoms with Crippen molar-refractivity contribution in [2.75, 3.05) is 4.90 Å². The zero-order valence-corrected chi connectivity index (χ0v) is 9.65. The predicted molar refractivity (Wildman–Crippen MR) is 64.4 cm³/mol. The molecule has 1 fully saturated rings. The number of fused-ring (bicyclic) bond motifs is 3. The number of nitrogens with zero attached hydrogens (tertiary/aromatic N) is 1. The molecule has 0 bridgehead atoms. The van der Waals surface area contributed by atoms with Crippen molar-refractivity contribution in [1.29, 1.82) is 0 Å². The molecule has 84 valence electrons. The molecular formula is C14H17NO. The minimum Gasteiger partial charge on any atom is -0.309 e. The van der Waals surface area contributed by atoms with Gasteiger partial charge in [0.2, 0.25) is 5.91 Å². The van der Waals surface area contributed by atoms with Crippen molar-refractivity contribution in [3.63, 3.8) is 0 Å². The van der Waals surface area contributed by atoms with Crippen molar-refractivity contribution < 1.29 is 4.79 Å². The number of rotatable bonds is 1. The van der Waals surface area contributed by atoms with E-state index in [1.54, 1.807) is 0 Å². The maximum atomic E-state index is 12.3. The summed E-state index contributed by atoms with van der Waals surface area (Å²) in [6, 6.07) is 8.81. The molecule has 1 aromatic carbocycles. The van der Waals surface area contributed by atoms with E-state index in [1.807, 2.05) is 6.07 Å². The van der Waals surface area contributed by atoms with Crippen molar-refractivity contribution in [1.82, 2.24) is 0 Å². The molecule has 1 aromatic rings. The topological polar surface area (TPSA) is 20.3 Å². The van der Waals surface area contributed by atoms with Crippen LogP contribution in [0, 0.1) is 5.92 Å². The minimum atomic E-state index is 0.260. The summed E-state index contributed by atoms with van der Waals surface area (Å²) < 4.78 is 0. The van der Waals surface area contributed by atoms with Crippen LogP contribution in [0.15, 0.2) is 24.3 Å². The summed E-state index contributed by atoms with van der Waals surface area (Å²) >= 11 is 0. The van der Waals surface area contributed by atoms with Crippen LogP contribution in [0.5, 0.6) is 0 Å². The highest BCUT2D eigenvalue weighted by molar-refractivity contribution is 5.99. The molecule has 2 heteroatoms. The third kappa shape index (κ3) is 1.29. The fraction of sp³-hybridized carbons (Fsp3) is 0.500. The van der Waals surface area contributed by atoms with Crippen LogP contribution in [0.4, 0.5) is 5.69 Å². The first-order chi connectivity index (χ1) is 7.81. The van der Waals surface area contributed by atoms with Crippen LogP contribution >= 0.6 is 0 Å². The van der Waals surface area contributed by atoms with Crippen molar-refractivity contribution in [3.05, 3.63) is 29.8 Å². The van der Waals surface area contributed by atoms with Crippen molar-refractivity contribution >= 4 is 11.6 Å². The summed E-state index contributed by atoms with van der Waals surface area (Å²) in [5.74, 6) is 0.607. The van der Waals surface area contributed by atoms with E-state index in [0.717, 1.165) is 25.7 Å². The third-order valence-electron chi connectivity index (χ3n) is 4.00. The fourth-order valence-corrected chi connectivity index (χ4v) is 3.09. The first kappa shape index (κ1) is 9.88. The molecule has 1 amide bonds. The van der Waals surface area contributed by atoms with Crippen LogP contribution in [0.3, 0.4) is 0 Å². The van der Waals surface area contributed by atoms with Crippen LogP contribution in [0.1, 0.15) is 31.7 Å². The quantitative estimate of drug-likeness (QED) is 0.705. The Hall–Kier alpha value is -1.31. The third-order valence-corrected chi connectivity index (χ3v) is 4.00. The average molecular weight is 215 g/mol. The highest BCUT2D eigenvalue weighted by atomic mass is 16.2. The molecule has 2 atom stereocenters. The molecule has 0 aromatic heterocycles. The van der Waals surface area contributed by atoms with Gasteiger partial charge in [-0.05, 0) is 37.3 Å². The number of carbonyl (C=O) groups is 1. The van der Waals surface area contributed by atoms with Crippen LogP contribution in [-0.4, -0.2) is 11.9 Å². The molecule has 0 saturated carbocycles. The molecule has 0 spiro atoms. The lowest BCUT2D eigenvalue weighted by Crippen LogP contribution is -2.37. The van der Waals surface area contributed by atoms with Gasteiger partial charge in [0.05, 0.1) is 0 Å². The number of anilines is 1. The molecule has 1 unspecified atom stereocenters. The number of hydrogen-bond acceptors (Lipinski definition) is 1. The average Bonchev–Trinajstić information content (AvgIpc) is 2.66. The van der Waals surface area contributed by atoms with Crippen LogP contribution in [0.2, 0.25) is 0 Å². The van der Waals surface area contributed by atoms with Gasteiger partial charge in [-0.15, -0.1) is 0 Å². The Balaban J connectivity index is 2.02. The normalized spacial score (nSPS) is 27.8. The van der Waals surface area contributed by atoms with Gasteiger partial charge in [-0.1, -0.05) is 25.1 Å². The Kier molecular flexibility index (Phi) is 2.23. The van der Waals surface area contributed by atoms with Crippen molar-refractivity contribution in [3.8, 4) is 0 Å². The summed E-state index contributed by atoms with van der Waals surface area (Å²) in [6.45, 7) is 2.12. The van der Waals surface area contributed by atoms with E-state index in [4.69, 9.17) is 0 Å². The van der Waals surface area contributed by atoms with Gasteiger partial charge in [0.25, 0.3) is 0 Å². The van der Waals surface area contributed by atoms with Gasteiger partial charge < -0.3 is 4.90 Å². The number of carbonyl (C=O) groups excluding carboxylic acids is 1. The van der Waals surface area contributed by atoms with Crippen molar-refractivity contribution in [2.45, 2.75) is 38.6 Å². The van der Waals surface area contributed by atoms with Crippen LogP contribution in [0.25, 0.3) is 0 Å². The molecule has 1 saturated heterocycles. The second-order valence-electron chi connectivity index (χ2n) is 4.87. The lowest BCUT2D eigenvalue weighted by Gasteiger charge is -2.31. The molecule has 16 heavy (non-hydrogen) atoms. The van der Waals surface area contributed by atoms with Crippen molar-refractivity contribution in [2.24, 2.45) is 5.92 Å². The van der Waals surface area contributed by atoms with Gasteiger partial charge in [-0.3, -0.25) is 4.79 Å². The number of amides is 1. The first-order valence-electron chi connectivity index (χ1n) is 6.22. The van der Waals surface area contributed by atoms with E-state index >= 15 is 0 Å². The Labute approximate surface area is 96.3 Å². The number of para-hydroxylation sites is 1. The zero-order chi connectivity index (χ0) is 11.1. The second kappa shape index (κ2) is 3.62. The summed E-state index contributed by atoms with van der Waals surface area (Å²) in [5.41, 5.74) is 2.50. The van der Waals surface area contributed by atoms with Gasteiger partial charge in [0, 0.05) is 17.6 Å². The Morgan fingerprint density at radius 1 is 1.38 bits per heavy atom. The molecule has 2 aliphatic rings. The summed E-state index contributed by atoms with van der Waals surface area (Å²) in [5, 5.41) is 0. The van der Waals surface area contributed by atoms with E-state index in [9.17, 15) is 4.79 Å². The Morgan fingerprint density at radius 3 is 3.00 bits per heavy atom. The SMILES string of the molecule is CCC1C[C@@H]2CCc3ccccc3N2C1=O. The van der Waals surface area contributed by atoms with Crippen LogP contribution in [-0.2, 0) is 11.2 Å². The van der Waals surface area contributed by atoms with E-state index in [-0.39, 0.29) is 5.92 Å². The maximum absolute atomic E-state index is 12.3. The van der Waals surface area contributed by atoms with Gasteiger partial charge in [-0.25, -0.2) is 0 Å². The zero-order valence-electron chi connectivity index (χ0n) is 9.65. The molecule has 3 rings (SSSR count). The summed E-state index contributed by atoms with van der Waals surface area (Å²) in [7, 11) is 0. The van der Waals surface area contributed by atoms with Crippen LogP contribution < -0.4 is 4.90 Å². The molecule has 0 aliphatic carbocycles. The summed E-state index contributed by atoms with van der Waals surface area (Å²) in [4.78, 5) is 14.3. The minimum absolute atomic E-state index is 0.260. The summed E-state index contributed by atoms with van der Waals surface area (Å²) in [6.07, 6.45) is 4.30. The predicted octanol–water partition coefficient (Wildman–Crippen LogP) is 2.76. The van der Waals surface area contributed by atoms with Gasteiger partial charge >= 0.3 is 0 Å². The maximum Gasteiger partial charge on any atom is 0.230 e.